The Labute approximate surface area is 115 Å². The molecule has 1 fully saturated rings. The zero-order chi connectivity index (χ0) is 14.9. The predicted molar refractivity (Wildman–Crippen MR) is 68.2 cm³/mol. The van der Waals surface area contributed by atoms with Gasteiger partial charge in [-0.3, -0.25) is 0 Å². The van der Waals surface area contributed by atoms with E-state index in [9.17, 15) is 18.3 Å². The standard InChI is InChI=1S/C14H15F3N2O/c1-9(20)10-4-5-19(8-10)12-2-3-13(14(15,16)17)11(6-12)7-18/h2-3,6,9-10,20H,4-5,8H2,1H3. The van der Waals surface area contributed by atoms with E-state index in [0.29, 0.717) is 18.8 Å². The van der Waals surface area contributed by atoms with E-state index in [1.54, 1.807) is 13.0 Å². The zero-order valence-electron chi connectivity index (χ0n) is 11.0. The van der Waals surface area contributed by atoms with E-state index in [0.717, 1.165) is 12.5 Å². The summed E-state index contributed by atoms with van der Waals surface area (Å²) in [6.07, 6.45) is -4.16. The smallest absolute Gasteiger partial charge is 0.393 e. The molecule has 1 saturated heterocycles. The lowest BCUT2D eigenvalue weighted by Crippen LogP contribution is -2.24. The van der Waals surface area contributed by atoms with Gasteiger partial charge in [0.25, 0.3) is 0 Å². The average molecular weight is 284 g/mol. The maximum absolute atomic E-state index is 12.7. The van der Waals surface area contributed by atoms with Crippen molar-refractivity contribution in [2.75, 3.05) is 18.0 Å². The highest BCUT2D eigenvalue weighted by molar-refractivity contribution is 5.55. The summed E-state index contributed by atoms with van der Waals surface area (Å²) in [5, 5.41) is 18.4. The molecule has 1 aliphatic rings. The van der Waals surface area contributed by atoms with Gasteiger partial charge < -0.3 is 10.0 Å². The number of alkyl halides is 3. The van der Waals surface area contributed by atoms with Crippen LogP contribution < -0.4 is 4.90 Å². The SMILES string of the molecule is CC(O)C1CCN(c2ccc(C(F)(F)F)c(C#N)c2)C1. The van der Waals surface area contributed by atoms with E-state index < -0.39 is 17.8 Å². The fourth-order valence-electron chi connectivity index (χ4n) is 2.48. The summed E-state index contributed by atoms with van der Waals surface area (Å²) in [6.45, 7) is 2.97. The van der Waals surface area contributed by atoms with Crippen LogP contribution in [0.25, 0.3) is 0 Å². The summed E-state index contributed by atoms with van der Waals surface area (Å²) in [4.78, 5) is 1.90. The van der Waals surface area contributed by atoms with Crippen LogP contribution in [0.5, 0.6) is 0 Å². The van der Waals surface area contributed by atoms with Crippen LogP contribution in [0.1, 0.15) is 24.5 Å². The van der Waals surface area contributed by atoms with Gasteiger partial charge in [0.1, 0.15) is 0 Å². The van der Waals surface area contributed by atoms with Crippen molar-refractivity contribution in [3.05, 3.63) is 29.3 Å². The van der Waals surface area contributed by atoms with Gasteiger partial charge in [0.15, 0.2) is 0 Å². The molecule has 3 nitrogen and oxygen atoms in total. The molecule has 0 aromatic heterocycles. The third-order valence-electron chi connectivity index (χ3n) is 3.70. The van der Waals surface area contributed by atoms with Crippen LogP contribution in [0.4, 0.5) is 18.9 Å². The Hall–Kier alpha value is -1.74. The van der Waals surface area contributed by atoms with Gasteiger partial charge in [-0.25, -0.2) is 0 Å². The highest BCUT2D eigenvalue weighted by atomic mass is 19.4. The van der Waals surface area contributed by atoms with Crippen molar-refractivity contribution in [3.63, 3.8) is 0 Å². The molecule has 2 atom stereocenters. The van der Waals surface area contributed by atoms with Crippen LogP contribution in [0.15, 0.2) is 18.2 Å². The van der Waals surface area contributed by atoms with E-state index in [1.165, 1.54) is 12.1 Å². The number of halogens is 3. The van der Waals surface area contributed by atoms with Crippen LogP contribution in [0.3, 0.4) is 0 Å². The molecule has 0 saturated carbocycles. The summed E-state index contributed by atoms with van der Waals surface area (Å²) in [6, 6.07) is 5.21. The van der Waals surface area contributed by atoms with Gasteiger partial charge in [-0.05, 0) is 31.5 Å². The Kier molecular flexibility index (Phi) is 3.91. The first kappa shape index (κ1) is 14.7. The molecule has 1 aromatic rings. The molecule has 1 N–H and O–H groups in total. The number of benzene rings is 1. The molecule has 1 aliphatic heterocycles. The molecule has 1 heterocycles. The summed E-state index contributed by atoms with van der Waals surface area (Å²) in [5.41, 5.74) is -0.678. The summed E-state index contributed by atoms with van der Waals surface area (Å²) in [5.74, 6) is 0.114. The van der Waals surface area contributed by atoms with E-state index in [-0.39, 0.29) is 11.5 Å². The van der Waals surface area contributed by atoms with Crippen molar-refractivity contribution in [3.8, 4) is 6.07 Å². The first-order valence-corrected chi connectivity index (χ1v) is 6.37. The number of rotatable bonds is 2. The molecule has 6 heteroatoms. The molecule has 2 unspecified atom stereocenters. The predicted octanol–water partition coefficient (Wildman–Crippen LogP) is 2.78. The second kappa shape index (κ2) is 5.33. The van der Waals surface area contributed by atoms with Gasteiger partial charge >= 0.3 is 6.18 Å². The molecule has 108 valence electrons. The first-order valence-electron chi connectivity index (χ1n) is 6.37. The molecular weight excluding hydrogens is 269 g/mol. The van der Waals surface area contributed by atoms with Gasteiger partial charge in [0.05, 0.1) is 23.3 Å². The number of hydrogen-bond acceptors (Lipinski definition) is 3. The molecule has 1 aromatic carbocycles. The molecule has 0 bridgehead atoms. The van der Waals surface area contributed by atoms with E-state index in [1.807, 2.05) is 4.90 Å². The van der Waals surface area contributed by atoms with Crippen molar-refractivity contribution in [1.82, 2.24) is 0 Å². The fourth-order valence-corrected chi connectivity index (χ4v) is 2.48. The fraction of sp³-hybridized carbons (Fsp3) is 0.500. The van der Waals surface area contributed by atoms with Gasteiger partial charge in [0.2, 0.25) is 0 Å². The first-order chi connectivity index (χ1) is 9.32. The normalized spacial score (nSPS) is 20.8. The van der Waals surface area contributed by atoms with Crippen LogP contribution in [-0.2, 0) is 6.18 Å². The third kappa shape index (κ3) is 2.88. The van der Waals surface area contributed by atoms with E-state index >= 15 is 0 Å². The maximum Gasteiger partial charge on any atom is 0.417 e. The Balaban J connectivity index is 2.26. The second-order valence-corrected chi connectivity index (χ2v) is 5.07. The summed E-state index contributed by atoms with van der Waals surface area (Å²) in [7, 11) is 0. The number of nitrogens with zero attached hydrogens (tertiary/aromatic N) is 2. The third-order valence-corrected chi connectivity index (χ3v) is 3.70. The van der Waals surface area contributed by atoms with Crippen LogP contribution in [-0.4, -0.2) is 24.3 Å². The van der Waals surface area contributed by atoms with Crippen molar-refractivity contribution in [2.45, 2.75) is 25.6 Å². The average Bonchev–Trinajstić information content (AvgIpc) is 2.86. The largest absolute Gasteiger partial charge is 0.417 e. The second-order valence-electron chi connectivity index (χ2n) is 5.07. The maximum atomic E-state index is 12.7. The minimum Gasteiger partial charge on any atom is -0.393 e. The van der Waals surface area contributed by atoms with E-state index in [2.05, 4.69) is 0 Å². The molecule has 20 heavy (non-hydrogen) atoms. The Bertz CT molecular complexity index is 534. The monoisotopic (exact) mass is 284 g/mol. The topological polar surface area (TPSA) is 47.3 Å². The molecule has 0 spiro atoms. The Morgan fingerprint density at radius 3 is 2.65 bits per heavy atom. The minimum absolute atomic E-state index is 0.114. The number of aliphatic hydroxyl groups excluding tert-OH is 1. The molecule has 0 aliphatic carbocycles. The van der Waals surface area contributed by atoms with Crippen LogP contribution >= 0.6 is 0 Å². The summed E-state index contributed by atoms with van der Waals surface area (Å²) >= 11 is 0. The highest BCUT2D eigenvalue weighted by Gasteiger charge is 2.34. The van der Waals surface area contributed by atoms with Crippen molar-refractivity contribution in [1.29, 1.82) is 5.26 Å². The quantitative estimate of drug-likeness (QED) is 0.908. The lowest BCUT2D eigenvalue weighted by atomic mass is 10.0. The van der Waals surface area contributed by atoms with Crippen molar-refractivity contribution in [2.24, 2.45) is 5.92 Å². The van der Waals surface area contributed by atoms with Crippen LogP contribution in [0.2, 0.25) is 0 Å². The molecule has 2 rings (SSSR count). The van der Waals surface area contributed by atoms with Crippen molar-refractivity contribution < 1.29 is 18.3 Å². The lowest BCUT2D eigenvalue weighted by Gasteiger charge is -2.21. The van der Waals surface area contributed by atoms with E-state index in [4.69, 9.17) is 5.26 Å². The molecule has 0 amide bonds. The Morgan fingerprint density at radius 1 is 1.45 bits per heavy atom. The lowest BCUT2D eigenvalue weighted by molar-refractivity contribution is -0.137. The van der Waals surface area contributed by atoms with Gasteiger partial charge in [0, 0.05) is 24.7 Å². The van der Waals surface area contributed by atoms with Crippen LogP contribution in [0, 0.1) is 17.2 Å². The van der Waals surface area contributed by atoms with Gasteiger partial charge in [-0.15, -0.1) is 0 Å². The number of nitriles is 1. The van der Waals surface area contributed by atoms with Crippen molar-refractivity contribution >= 4 is 5.69 Å². The molecule has 0 radical (unpaired) electrons. The number of anilines is 1. The summed E-state index contributed by atoms with van der Waals surface area (Å²) < 4.78 is 38.1. The minimum atomic E-state index is -4.52. The zero-order valence-corrected chi connectivity index (χ0v) is 11.0. The highest BCUT2D eigenvalue weighted by Crippen LogP contribution is 2.35. The number of aliphatic hydroxyl groups is 1. The molecular formula is C14H15F3N2O. The van der Waals surface area contributed by atoms with Gasteiger partial charge in [-0.2, -0.15) is 18.4 Å². The Morgan fingerprint density at radius 2 is 2.15 bits per heavy atom. The number of hydrogen-bond donors (Lipinski definition) is 1. The van der Waals surface area contributed by atoms with Gasteiger partial charge in [-0.1, -0.05) is 0 Å².